The molecule has 1 fully saturated rings. The van der Waals surface area contributed by atoms with Crippen molar-refractivity contribution in [2.24, 2.45) is 5.92 Å². The van der Waals surface area contributed by atoms with Crippen LogP contribution >= 0.6 is 12.4 Å². The fourth-order valence-corrected chi connectivity index (χ4v) is 3.21. The molecule has 6 nitrogen and oxygen atoms in total. The zero-order chi connectivity index (χ0) is 20.8. The Bertz CT molecular complexity index is 744. The number of ether oxygens (including phenoxy) is 2. The smallest absolute Gasteiger partial charge is 0.320 e. The molecule has 2 rings (SSSR count). The van der Waals surface area contributed by atoms with Crippen molar-refractivity contribution in [1.29, 1.82) is 0 Å². The van der Waals surface area contributed by atoms with E-state index < -0.39 is 65.0 Å². The average molecular weight is 438 g/mol. The second-order valence-corrected chi connectivity index (χ2v) is 6.38. The summed E-state index contributed by atoms with van der Waals surface area (Å²) < 4.78 is 51.0. The summed E-state index contributed by atoms with van der Waals surface area (Å²) in [6.45, 7) is 3.24. The molecule has 0 aliphatic carbocycles. The highest BCUT2D eigenvalue weighted by Crippen LogP contribution is 2.32. The highest BCUT2D eigenvalue weighted by atomic mass is 35.5. The molecule has 0 saturated carbocycles. The van der Waals surface area contributed by atoms with Crippen molar-refractivity contribution in [3.05, 3.63) is 35.1 Å². The maximum atomic E-state index is 14.0. The molecule has 10 heteroatoms. The molecule has 1 saturated heterocycles. The van der Waals surface area contributed by atoms with Crippen molar-refractivity contribution >= 4 is 30.1 Å². The summed E-state index contributed by atoms with van der Waals surface area (Å²) in [6, 6.07) is 0.696. The van der Waals surface area contributed by atoms with E-state index in [1.54, 1.807) is 13.8 Å². The quantitative estimate of drug-likeness (QED) is 0.382. The van der Waals surface area contributed by atoms with Crippen LogP contribution in [-0.2, 0) is 23.9 Å². The minimum Gasteiger partial charge on any atom is -0.465 e. The van der Waals surface area contributed by atoms with Crippen molar-refractivity contribution in [1.82, 2.24) is 5.32 Å². The van der Waals surface area contributed by atoms with E-state index in [1.165, 1.54) is 0 Å². The number of carbonyl (C=O) groups is 3. The van der Waals surface area contributed by atoms with Gasteiger partial charge >= 0.3 is 11.9 Å². The minimum atomic E-state index is -1.41. The van der Waals surface area contributed by atoms with E-state index in [-0.39, 0.29) is 38.6 Å². The second kappa shape index (κ2) is 11.2. The zero-order valence-corrected chi connectivity index (χ0v) is 16.8. The predicted molar refractivity (Wildman–Crippen MR) is 99.1 cm³/mol. The fraction of sp³-hybridized carbons (Fsp3) is 0.526. The van der Waals surface area contributed by atoms with Gasteiger partial charge in [-0.05, 0) is 32.4 Å². The van der Waals surface area contributed by atoms with Crippen molar-refractivity contribution in [3.8, 4) is 0 Å². The molecule has 29 heavy (non-hydrogen) atoms. The number of carbonyl (C=O) groups excluding carboxylic acids is 3. The summed E-state index contributed by atoms with van der Waals surface area (Å²) in [4.78, 5) is 36.5. The van der Waals surface area contributed by atoms with Gasteiger partial charge < -0.3 is 14.8 Å². The Labute approximate surface area is 172 Å². The average Bonchev–Trinajstić information content (AvgIpc) is 3.13. The second-order valence-electron chi connectivity index (χ2n) is 6.38. The molecule has 0 aromatic heterocycles. The molecule has 2 atom stereocenters. The van der Waals surface area contributed by atoms with Gasteiger partial charge in [-0.2, -0.15) is 0 Å². The van der Waals surface area contributed by atoms with E-state index in [1.807, 2.05) is 0 Å². The lowest BCUT2D eigenvalue weighted by atomic mass is 9.91. The molecule has 0 amide bonds. The van der Waals surface area contributed by atoms with Crippen LogP contribution in [0.4, 0.5) is 13.2 Å². The van der Waals surface area contributed by atoms with Crippen LogP contribution in [0.5, 0.6) is 0 Å². The first-order chi connectivity index (χ1) is 13.3. The molecule has 1 heterocycles. The Morgan fingerprint density at radius 1 is 1.07 bits per heavy atom. The number of rotatable bonds is 8. The molecule has 0 spiro atoms. The third-order valence-electron chi connectivity index (χ3n) is 4.55. The van der Waals surface area contributed by atoms with E-state index in [2.05, 4.69) is 5.32 Å². The molecule has 162 valence electrons. The van der Waals surface area contributed by atoms with Crippen LogP contribution in [0.3, 0.4) is 0 Å². The lowest BCUT2D eigenvalue weighted by Gasteiger charge is -2.16. The molecule has 0 bridgehead atoms. The number of esters is 2. The molecule has 1 aromatic rings. The highest BCUT2D eigenvalue weighted by molar-refractivity contribution is 6.00. The summed E-state index contributed by atoms with van der Waals surface area (Å²) in [6.07, 6.45) is -0.454. The van der Waals surface area contributed by atoms with Gasteiger partial charge in [0.1, 0.15) is 5.82 Å². The van der Waals surface area contributed by atoms with Crippen molar-refractivity contribution in [3.63, 3.8) is 0 Å². The van der Waals surface area contributed by atoms with E-state index in [9.17, 15) is 27.6 Å². The molecule has 1 N–H and O–H groups in total. The maximum Gasteiger partial charge on any atom is 0.320 e. The van der Waals surface area contributed by atoms with Gasteiger partial charge in [0.05, 0.1) is 19.3 Å². The Balaban J connectivity index is 0.00000420. The van der Waals surface area contributed by atoms with Gasteiger partial charge in [-0.15, -0.1) is 12.4 Å². The Hall–Kier alpha value is -2.13. The summed E-state index contributed by atoms with van der Waals surface area (Å²) in [5.74, 6) is -7.74. The number of benzene rings is 1. The lowest BCUT2D eigenvalue weighted by Crippen LogP contribution is -2.37. The molecule has 1 unspecified atom stereocenters. The number of nitrogens with one attached hydrogen (secondary N) is 1. The van der Waals surface area contributed by atoms with Gasteiger partial charge in [-0.25, -0.2) is 13.2 Å². The third-order valence-corrected chi connectivity index (χ3v) is 4.55. The van der Waals surface area contributed by atoms with Crippen LogP contribution in [0, 0.1) is 23.4 Å². The molecule has 1 aromatic carbocycles. The predicted octanol–water partition coefficient (Wildman–Crippen LogP) is 2.67. The van der Waals surface area contributed by atoms with Crippen molar-refractivity contribution in [2.45, 2.75) is 38.6 Å². The number of hydrogen-bond donors (Lipinski definition) is 1. The third kappa shape index (κ3) is 5.93. The number of hydrogen-bond acceptors (Lipinski definition) is 6. The number of halogens is 4. The first-order valence-electron chi connectivity index (χ1n) is 9.02. The van der Waals surface area contributed by atoms with Crippen LogP contribution in [-0.4, -0.2) is 43.5 Å². The highest BCUT2D eigenvalue weighted by Gasteiger charge is 2.38. The molecule has 1 aliphatic heterocycles. The zero-order valence-electron chi connectivity index (χ0n) is 16.0. The van der Waals surface area contributed by atoms with E-state index in [0.717, 1.165) is 6.07 Å². The van der Waals surface area contributed by atoms with Crippen LogP contribution in [0.25, 0.3) is 0 Å². The van der Waals surface area contributed by atoms with Crippen molar-refractivity contribution in [2.75, 3.05) is 19.8 Å². The summed E-state index contributed by atoms with van der Waals surface area (Å²) >= 11 is 0. The largest absolute Gasteiger partial charge is 0.465 e. The maximum absolute atomic E-state index is 14.0. The van der Waals surface area contributed by atoms with Gasteiger partial charge in [-0.3, -0.25) is 14.4 Å². The van der Waals surface area contributed by atoms with Crippen LogP contribution in [0.15, 0.2) is 12.1 Å². The molecule has 1 aliphatic rings. The first-order valence-corrected chi connectivity index (χ1v) is 9.02. The van der Waals surface area contributed by atoms with Crippen LogP contribution in [0.1, 0.15) is 38.2 Å². The fourth-order valence-electron chi connectivity index (χ4n) is 3.21. The van der Waals surface area contributed by atoms with Crippen molar-refractivity contribution < 1.29 is 37.0 Å². The SMILES string of the molecule is CCOC(=O)C(CC(=O)C1C[C@H](c2c(F)ccc(F)c2F)CN1)C(=O)OCC.Cl. The molecular weight excluding hydrogens is 415 g/mol. The number of Topliss-reactive ketones (excluding diaryl/α,β-unsaturated/α-hetero) is 1. The van der Waals surface area contributed by atoms with Gasteiger partial charge in [0.25, 0.3) is 0 Å². The van der Waals surface area contributed by atoms with Crippen LogP contribution in [0.2, 0.25) is 0 Å². The standard InChI is InChI=1S/C19H22F3NO5.ClH/c1-3-27-18(25)11(19(26)28-4-2)8-15(24)14-7-10(9-23-14)16-12(20)5-6-13(21)17(16)22;/h5-6,10-11,14,23H,3-4,7-9H2,1-2H3;1H/t10-,14?;/m0./s1. The normalized spacial score (nSPS) is 18.3. The molecular formula is C19H23ClF3NO5. The summed E-state index contributed by atoms with van der Waals surface area (Å²) in [5, 5.41) is 2.82. The molecule has 0 radical (unpaired) electrons. The lowest BCUT2D eigenvalue weighted by molar-refractivity contribution is -0.163. The van der Waals surface area contributed by atoms with Gasteiger partial charge in [-0.1, -0.05) is 0 Å². The minimum absolute atomic E-state index is 0. The Morgan fingerprint density at radius 2 is 1.62 bits per heavy atom. The topological polar surface area (TPSA) is 81.7 Å². The first kappa shape index (κ1) is 24.9. The van der Waals surface area contributed by atoms with Crippen LogP contribution < -0.4 is 5.32 Å². The number of ketones is 1. The van der Waals surface area contributed by atoms with Gasteiger partial charge in [0.15, 0.2) is 23.3 Å². The van der Waals surface area contributed by atoms with Gasteiger partial charge in [0.2, 0.25) is 0 Å². The summed E-state index contributed by atoms with van der Waals surface area (Å²) in [7, 11) is 0. The van der Waals surface area contributed by atoms with Gasteiger partial charge in [0, 0.05) is 24.4 Å². The Morgan fingerprint density at radius 3 is 2.17 bits per heavy atom. The summed E-state index contributed by atoms with van der Waals surface area (Å²) in [5.41, 5.74) is -0.421. The van der Waals surface area contributed by atoms with E-state index in [0.29, 0.717) is 6.07 Å². The monoisotopic (exact) mass is 437 g/mol. The van der Waals surface area contributed by atoms with E-state index in [4.69, 9.17) is 9.47 Å². The van der Waals surface area contributed by atoms with E-state index >= 15 is 0 Å². The Kier molecular flexibility index (Phi) is 9.58.